The molecule has 2 unspecified atom stereocenters. The summed E-state index contributed by atoms with van der Waals surface area (Å²) < 4.78 is 2.64. The molecular formula is C23H27N3. The molecule has 3 nitrogen and oxygen atoms in total. The molecule has 1 aromatic carbocycles. The monoisotopic (exact) mass is 345 g/mol. The minimum Gasteiger partial charge on any atom is -0.343 e. The average molecular weight is 345 g/mol. The third-order valence-electron chi connectivity index (χ3n) is 6.41. The number of pyridine rings is 1. The maximum absolute atomic E-state index is 4.57. The van der Waals surface area contributed by atoms with Crippen molar-refractivity contribution in [1.82, 2.24) is 14.5 Å². The number of benzene rings is 1. The van der Waals surface area contributed by atoms with Crippen molar-refractivity contribution in [1.29, 1.82) is 0 Å². The van der Waals surface area contributed by atoms with Gasteiger partial charge in [0.2, 0.25) is 0 Å². The van der Waals surface area contributed by atoms with E-state index in [1.807, 2.05) is 0 Å². The third kappa shape index (κ3) is 2.49. The SMILES string of the molecule is Cc1ccc2c(c1)c1c3n2CC(c2ccc(C)nc2)CC3CN(C)CC1. The standard InChI is InChI=1S/C23H27N3/c1-15-4-7-22-21(10-15)20-8-9-25(3)13-19-11-18(14-26(22)23(19)20)17-6-5-16(2)24-12-17/h4-7,10,12,18-19H,8-9,11,13-14H2,1-3H3. The Kier molecular flexibility index (Phi) is 3.68. The predicted molar refractivity (Wildman–Crippen MR) is 107 cm³/mol. The Morgan fingerprint density at radius 3 is 2.73 bits per heavy atom. The Morgan fingerprint density at radius 1 is 1.04 bits per heavy atom. The first-order valence-electron chi connectivity index (χ1n) is 9.83. The van der Waals surface area contributed by atoms with Crippen LogP contribution in [0.5, 0.6) is 0 Å². The molecule has 0 amide bonds. The molecule has 0 saturated carbocycles. The molecule has 4 heterocycles. The number of rotatable bonds is 1. The molecular weight excluding hydrogens is 318 g/mol. The molecule has 0 spiro atoms. The minimum absolute atomic E-state index is 0.553. The Bertz CT molecular complexity index is 967. The number of aromatic nitrogens is 2. The first kappa shape index (κ1) is 16.1. The summed E-state index contributed by atoms with van der Waals surface area (Å²) in [4.78, 5) is 7.09. The van der Waals surface area contributed by atoms with Gasteiger partial charge in [0.15, 0.2) is 0 Å². The van der Waals surface area contributed by atoms with Crippen molar-refractivity contribution in [2.75, 3.05) is 20.1 Å². The van der Waals surface area contributed by atoms with E-state index < -0.39 is 0 Å². The molecule has 3 aromatic rings. The summed E-state index contributed by atoms with van der Waals surface area (Å²) in [6.45, 7) is 7.69. The molecule has 3 heteroatoms. The highest BCUT2D eigenvalue weighted by Gasteiger charge is 2.34. The molecule has 2 aliphatic rings. The average Bonchev–Trinajstić information content (AvgIpc) is 2.82. The van der Waals surface area contributed by atoms with E-state index in [1.54, 1.807) is 11.3 Å². The third-order valence-corrected chi connectivity index (χ3v) is 6.41. The smallest absolute Gasteiger partial charge is 0.0485 e. The Morgan fingerprint density at radius 2 is 1.92 bits per heavy atom. The molecule has 2 aromatic heterocycles. The molecule has 2 atom stereocenters. The molecule has 0 N–H and O–H groups in total. The van der Waals surface area contributed by atoms with Gasteiger partial charge in [-0.2, -0.15) is 0 Å². The quantitative estimate of drug-likeness (QED) is 0.651. The van der Waals surface area contributed by atoms with Crippen molar-refractivity contribution in [2.45, 2.75) is 45.1 Å². The number of hydrogen-bond acceptors (Lipinski definition) is 2. The fourth-order valence-corrected chi connectivity index (χ4v) is 5.13. The lowest BCUT2D eigenvalue weighted by atomic mass is 9.83. The summed E-state index contributed by atoms with van der Waals surface area (Å²) in [6.07, 6.45) is 4.51. The molecule has 134 valence electrons. The van der Waals surface area contributed by atoms with Crippen molar-refractivity contribution in [3.05, 3.63) is 64.6 Å². The number of hydrogen-bond donors (Lipinski definition) is 0. The predicted octanol–water partition coefficient (Wildman–Crippen LogP) is 4.41. The summed E-state index contributed by atoms with van der Waals surface area (Å²) in [6, 6.07) is 11.5. The molecule has 2 aliphatic heterocycles. The van der Waals surface area contributed by atoms with Crippen LogP contribution in [0.1, 0.15) is 46.3 Å². The van der Waals surface area contributed by atoms with Gasteiger partial charge < -0.3 is 9.47 Å². The van der Waals surface area contributed by atoms with E-state index >= 15 is 0 Å². The lowest BCUT2D eigenvalue weighted by Gasteiger charge is -2.33. The van der Waals surface area contributed by atoms with E-state index in [0.29, 0.717) is 11.8 Å². The van der Waals surface area contributed by atoms with Crippen LogP contribution in [0.25, 0.3) is 10.9 Å². The highest BCUT2D eigenvalue weighted by molar-refractivity contribution is 5.87. The zero-order valence-electron chi connectivity index (χ0n) is 16.0. The van der Waals surface area contributed by atoms with Crippen LogP contribution in [0.15, 0.2) is 36.5 Å². The molecule has 26 heavy (non-hydrogen) atoms. The molecule has 0 radical (unpaired) electrons. The first-order valence-corrected chi connectivity index (χ1v) is 9.83. The summed E-state index contributed by atoms with van der Waals surface area (Å²) >= 11 is 0. The van der Waals surface area contributed by atoms with Crippen LogP contribution in [-0.2, 0) is 13.0 Å². The second-order valence-corrected chi connectivity index (χ2v) is 8.37. The van der Waals surface area contributed by atoms with E-state index in [1.165, 1.54) is 34.9 Å². The van der Waals surface area contributed by atoms with Gasteiger partial charge in [-0.15, -0.1) is 0 Å². The van der Waals surface area contributed by atoms with E-state index in [0.717, 1.165) is 25.3 Å². The van der Waals surface area contributed by atoms with E-state index in [2.05, 4.69) is 71.9 Å². The van der Waals surface area contributed by atoms with Crippen LogP contribution in [-0.4, -0.2) is 34.6 Å². The second-order valence-electron chi connectivity index (χ2n) is 8.37. The summed E-state index contributed by atoms with van der Waals surface area (Å²) in [5.41, 5.74) is 8.52. The van der Waals surface area contributed by atoms with Crippen LogP contribution in [0.2, 0.25) is 0 Å². The van der Waals surface area contributed by atoms with E-state index in [4.69, 9.17) is 0 Å². The van der Waals surface area contributed by atoms with E-state index in [-0.39, 0.29) is 0 Å². The van der Waals surface area contributed by atoms with Crippen molar-refractivity contribution >= 4 is 10.9 Å². The zero-order chi connectivity index (χ0) is 17.8. The Labute approximate surface area is 155 Å². The normalized spacial score (nSPS) is 23.0. The molecule has 0 fully saturated rings. The summed E-state index contributed by atoms with van der Waals surface area (Å²) in [7, 11) is 2.28. The maximum atomic E-state index is 4.57. The number of nitrogens with zero attached hydrogens (tertiary/aromatic N) is 3. The van der Waals surface area contributed by atoms with Gasteiger partial charge in [0.1, 0.15) is 0 Å². The zero-order valence-corrected chi connectivity index (χ0v) is 16.0. The Hall–Kier alpha value is -2.13. The maximum Gasteiger partial charge on any atom is 0.0485 e. The van der Waals surface area contributed by atoms with Crippen LogP contribution in [0.3, 0.4) is 0 Å². The van der Waals surface area contributed by atoms with Gasteiger partial charge in [0.25, 0.3) is 0 Å². The topological polar surface area (TPSA) is 21.1 Å². The summed E-state index contributed by atoms with van der Waals surface area (Å²) in [5, 5.41) is 1.49. The summed E-state index contributed by atoms with van der Waals surface area (Å²) in [5.74, 6) is 1.17. The molecule has 0 saturated heterocycles. The van der Waals surface area contributed by atoms with Gasteiger partial charge in [-0.05, 0) is 63.1 Å². The lowest BCUT2D eigenvalue weighted by molar-refractivity contribution is 0.290. The van der Waals surface area contributed by atoms with Crippen molar-refractivity contribution in [2.24, 2.45) is 0 Å². The number of aryl methyl sites for hydroxylation is 2. The molecule has 0 aliphatic carbocycles. The van der Waals surface area contributed by atoms with Crippen LogP contribution >= 0.6 is 0 Å². The van der Waals surface area contributed by atoms with Gasteiger partial charge in [0.05, 0.1) is 0 Å². The largest absolute Gasteiger partial charge is 0.343 e. The van der Waals surface area contributed by atoms with Crippen LogP contribution in [0, 0.1) is 13.8 Å². The van der Waals surface area contributed by atoms with Crippen LogP contribution in [0.4, 0.5) is 0 Å². The minimum atomic E-state index is 0.553. The Balaban J connectivity index is 1.67. The van der Waals surface area contributed by atoms with Gasteiger partial charge in [0, 0.05) is 60.0 Å². The van der Waals surface area contributed by atoms with Gasteiger partial charge >= 0.3 is 0 Å². The first-order chi connectivity index (χ1) is 12.6. The fraction of sp³-hybridized carbons (Fsp3) is 0.435. The second kappa shape index (κ2) is 5.95. The van der Waals surface area contributed by atoms with Crippen LogP contribution < -0.4 is 0 Å². The molecule has 0 bridgehead atoms. The number of likely N-dealkylation sites (N-methyl/N-ethyl adjacent to an activating group) is 1. The van der Waals surface area contributed by atoms with Gasteiger partial charge in [-0.25, -0.2) is 0 Å². The fourth-order valence-electron chi connectivity index (χ4n) is 5.13. The highest BCUT2D eigenvalue weighted by Crippen LogP contribution is 2.44. The molecule has 5 rings (SSSR count). The number of fused-ring (bicyclic) bond motifs is 3. The van der Waals surface area contributed by atoms with Crippen molar-refractivity contribution in [3.63, 3.8) is 0 Å². The highest BCUT2D eigenvalue weighted by atomic mass is 15.1. The van der Waals surface area contributed by atoms with E-state index in [9.17, 15) is 0 Å². The van der Waals surface area contributed by atoms with Crippen molar-refractivity contribution in [3.8, 4) is 0 Å². The van der Waals surface area contributed by atoms with Gasteiger partial charge in [-0.1, -0.05) is 17.7 Å². The lowest BCUT2D eigenvalue weighted by Crippen LogP contribution is -2.29. The van der Waals surface area contributed by atoms with Gasteiger partial charge in [-0.3, -0.25) is 4.98 Å². The van der Waals surface area contributed by atoms with Crippen molar-refractivity contribution < 1.29 is 0 Å².